The van der Waals surface area contributed by atoms with E-state index in [0.717, 1.165) is 16.2 Å². The van der Waals surface area contributed by atoms with Crippen molar-refractivity contribution in [1.82, 2.24) is 10.2 Å². The molecule has 1 aromatic carbocycles. The van der Waals surface area contributed by atoms with Crippen LogP contribution in [0.15, 0.2) is 36.4 Å². The summed E-state index contributed by atoms with van der Waals surface area (Å²) in [4.78, 5) is 38.6. The number of imide groups is 1. The van der Waals surface area contributed by atoms with Gasteiger partial charge in [0.05, 0.1) is 27.4 Å². The first-order valence-corrected chi connectivity index (χ1v) is 8.48. The average molecular weight is 374 g/mol. The van der Waals surface area contributed by atoms with Crippen LogP contribution in [0.4, 0.5) is 4.79 Å². The number of carbonyl (C=O) groups excluding carboxylic acids is 3. The zero-order valence-corrected chi connectivity index (χ0v) is 14.6. The van der Waals surface area contributed by atoms with Crippen molar-refractivity contribution in [3.05, 3.63) is 56.7 Å². The van der Waals surface area contributed by atoms with Gasteiger partial charge in [0.25, 0.3) is 5.91 Å². The Morgan fingerprint density at radius 3 is 2.52 bits per heavy atom. The number of benzene rings is 1. The van der Waals surface area contributed by atoms with E-state index in [9.17, 15) is 14.4 Å². The number of carbonyl (C=O) groups is 3. The molecule has 8 heteroatoms. The van der Waals surface area contributed by atoms with Crippen LogP contribution in [0, 0.1) is 11.3 Å². The topological polar surface area (TPSA) is 90.3 Å². The molecule has 2 heterocycles. The van der Waals surface area contributed by atoms with Crippen molar-refractivity contribution in [2.24, 2.45) is 0 Å². The van der Waals surface area contributed by atoms with E-state index in [0.29, 0.717) is 20.3 Å². The molecule has 0 bridgehead atoms. The Bertz CT molecular complexity index is 916. The van der Waals surface area contributed by atoms with Gasteiger partial charge < -0.3 is 5.32 Å². The molecule has 0 aliphatic carbocycles. The van der Waals surface area contributed by atoms with Crippen LogP contribution < -0.4 is 5.32 Å². The molecule has 1 aliphatic rings. The van der Waals surface area contributed by atoms with Crippen molar-refractivity contribution in [3.63, 3.8) is 0 Å². The van der Waals surface area contributed by atoms with Gasteiger partial charge in [0.15, 0.2) is 5.78 Å². The largest absolute Gasteiger partial charge is 0.325 e. The van der Waals surface area contributed by atoms with Crippen molar-refractivity contribution in [3.8, 4) is 6.07 Å². The summed E-state index contributed by atoms with van der Waals surface area (Å²) >= 11 is 6.91. The molecule has 126 valence electrons. The van der Waals surface area contributed by atoms with Crippen molar-refractivity contribution in [2.75, 3.05) is 6.54 Å². The van der Waals surface area contributed by atoms with Gasteiger partial charge in [-0.25, -0.2) is 4.79 Å². The SMILES string of the molecule is CC1(c2ccc(C#N)cc2)NC(=O)N(CC(=O)c2ccc(Cl)s2)C1=O. The first kappa shape index (κ1) is 17.1. The molecular formula is C17H12ClN3O3S. The van der Waals surface area contributed by atoms with E-state index in [1.54, 1.807) is 43.3 Å². The molecule has 3 amide bonds. The van der Waals surface area contributed by atoms with Gasteiger partial charge in [0, 0.05) is 0 Å². The number of halogens is 1. The molecule has 1 aromatic heterocycles. The maximum Gasteiger partial charge on any atom is 0.325 e. The summed E-state index contributed by atoms with van der Waals surface area (Å²) in [5.41, 5.74) is -0.289. The first-order chi connectivity index (χ1) is 11.8. The highest BCUT2D eigenvalue weighted by Crippen LogP contribution is 2.30. The third-order valence-electron chi connectivity index (χ3n) is 4.02. The van der Waals surface area contributed by atoms with Crippen LogP contribution in [-0.4, -0.2) is 29.2 Å². The molecule has 1 fully saturated rings. The number of rotatable bonds is 4. The van der Waals surface area contributed by atoms with E-state index in [4.69, 9.17) is 16.9 Å². The Kier molecular flexibility index (Phi) is 4.33. The Hall–Kier alpha value is -2.69. The minimum atomic E-state index is -1.28. The summed E-state index contributed by atoms with van der Waals surface area (Å²) in [6.07, 6.45) is 0. The van der Waals surface area contributed by atoms with Crippen LogP contribution in [0.5, 0.6) is 0 Å². The smallest absolute Gasteiger partial charge is 0.319 e. The van der Waals surface area contributed by atoms with E-state index in [1.165, 1.54) is 0 Å². The van der Waals surface area contributed by atoms with Gasteiger partial charge in [-0.05, 0) is 36.8 Å². The van der Waals surface area contributed by atoms with Crippen molar-refractivity contribution < 1.29 is 14.4 Å². The molecule has 25 heavy (non-hydrogen) atoms. The fourth-order valence-corrected chi connectivity index (χ4v) is 3.57. The molecule has 2 aromatic rings. The van der Waals surface area contributed by atoms with E-state index in [1.807, 2.05) is 6.07 Å². The van der Waals surface area contributed by atoms with Gasteiger partial charge in [-0.2, -0.15) is 5.26 Å². The van der Waals surface area contributed by atoms with Crippen molar-refractivity contribution >= 4 is 40.7 Å². The molecule has 3 rings (SSSR count). The monoisotopic (exact) mass is 373 g/mol. The lowest BCUT2D eigenvalue weighted by molar-refractivity contribution is -0.130. The molecule has 0 saturated carbocycles. The summed E-state index contributed by atoms with van der Waals surface area (Å²) in [5.74, 6) is -0.873. The average Bonchev–Trinajstić information content (AvgIpc) is 3.13. The molecule has 0 radical (unpaired) electrons. The Balaban J connectivity index is 1.84. The highest BCUT2D eigenvalue weighted by atomic mass is 35.5. The summed E-state index contributed by atoms with van der Waals surface area (Å²) in [5, 5.41) is 11.5. The highest BCUT2D eigenvalue weighted by molar-refractivity contribution is 7.18. The Morgan fingerprint density at radius 1 is 1.28 bits per heavy atom. The lowest BCUT2D eigenvalue weighted by atomic mass is 9.91. The van der Waals surface area contributed by atoms with Gasteiger partial charge >= 0.3 is 6.03 Å². The maximum atomic E-state index is 12.8. The van der Waals surface area contributed by atoms with Crippen molar-refractivity contribution in [1.29, 1.82) is 5.26 Å². The van der Waals surface area contributed by atoms with E-state index < -0.39 is 17.5 Å². The van der Waals surface area contributed by atoms with Crippen LogP contribution in [0.1, 0.15) is 27.7 Å². The van der Waals surface area contributed by atoms with Gasteiger partial charge in [0.1, 0.15) is 5.54 Å². The van der Waals surface area contributed by atoms with Gasteiger partial charge in [-0.1, -0.05) is 23.7 Å². The number of Topliss-reactive ketones (excluding diaryl/α,β-unsaturated/α-hetero) is 1. The summed E-state index contributed by atoms with van der Waals surface area (Å²) in [7, 11) is 0. The minimum absolute atomic E-state index is 0.354. The number of nitriles is 1. The van der Waals surface area contributed by atoms with Gasteiger partial charge in [-0.3, -0.25) is 14.5 Å². The second-order valence-corrected chi connectivity index (χ2v) is 7.38. The first-order valence-electron chi connectivity index (χ1n) is 7.28. The number of ketones is 1. The Labute approximate surface area is 152 Å². The standard InChI is InChI=1S/C17H12ClN3O3S/c1-17(11-4-2-10(8-19)3-5-11)15(23)21(16(24)20-17)9-12(22)13-6-7-14(18)25-13/h2-7H,9H2,1H3,(H,20,24). The van der Waals surface area contributed by atoms with Crippen LogP contribution in [-0.2, 0) is 10.3 Å². The lowest BCUT2D eigenvalue weighted by Gasteiger charge is -2.22. The summed E-state index contributed by atoms with van der Waals surface area (Å²) in [6.45, 7) is 1.22. The highest BCUT2D eigenvalue weighted by Gasteiger charge is 2.49. The summed E-state index contributed by atoms with van der Waals surface area (Å²) < 4.78 is 0.461. The van der Waals surface area contributed by atoms with Crippen LogP contribution in [0.25, 0.3) is 0 Å². The second kappa shape index (κ2) is 6.31. The van der Waals surface area contributed by atoms with E-state index in [-0.39, 0.29) is 12.3 Å². The van der Waals surface area contributed by atoms with Crippen LogP contribution >= 0.6 is 22.9 Å². The number of nitrogens with zero attached hydrogens (tertiary/aromatic N) is 2. The number of amides is 3. The molecule has 1 unspecified atom stereocenters. The minimum Gasteiger partial charge on any atom is -0.319 e. The molecular weight excluding hydrogens is 362 g/mol. The fraction of sp³-hybridized carbons (Fsp3) is 0.176. The fourth-order valence-electron chi connectivity index (χ4n) is 2.60. The number of nitrogens with one attached hydrogen (secondary N) is 1. The third kappa shape index (κ3) is 3.02. The van der Waals surface area contributed by atoms with Gasteiger partial charge in [0.2, 0.25) is 0 Å². The molecule has 0 spiro atoms. The number of urea groups is 1. The van der Waals surface area contributed by atoms with E-state index in [2.05, 4.69) is 5.32 Å². The molecule has 1 saturated heterocycles. The van der Waals surface area contributed by atoms with E-state index >= 15 is 0 Å². The third-order valence-corrected chi connectivity index (χ3v) is 5.29. The second-order valence-electron chi connectivity index (χ2n) is 5.66. The normalized spacial score (nSPS) is 19.6. The summed E-state index contributed by atoms with van der Waals surface area (Å²) in [6, 6.07) is 10.9. The number of hydrogen-bond acceptors (Lipinski definition) is 5. The van der Waals surface area contributed by atoms with Crippen LogP contribution in [0.3, 0.4) is 0 Å². The van der Waals surface area contributed by atoms with Crippen LogP contribution in [0.2, 0.25) is 4.34 Å². The maximum absolute atomic E-state index is 12.8. The number of hydrogen-bond donors (Lipinski definition) is 1. The van der Waals surface area contributed by atoms with Crippen molar-refractivity contribution in [2.45, 2.75) is 12.5 Å². The zero-order valence-electron chi connectivity index (χ0n) is 13.1. The predicted molar refractivity (Wildman–Crippen MR) is 92.4 cm³/mol. The lowest BCUT2D eigenvalue weighted by Crippen LogP contribution is -2.41. The van der Waals surface area contributed by atoms with Gasteiger partial charge in [-0.15, -0.1) is 11.3 Å². The molecule has 1 atom stereocenters. The molecule has 6 nitrogen and oxygen atoms in total. The quantitative estimate of drug-likeness (QED) is 0.659. The Morgan fingerprint density at radius 2 is 1.96 bits per heavy atom. The molecule has 1 aliphatic heterocycles. The zero-order chi connectivity index (χ0) is 18.2. The number of thiophene rings is 1. The predicted octanol–water partition coefficient (Wildman–Crippen LogP) is 2.92. The molecule has 1 N–H and O–H groups in total.